The van der Waals surface area contributed by atoms with E-state index in [2.05, 4.69) is 18.8 Å². The summed E-state index contributed by atoms with van der Waals surface area (Å²) < 4.78 is 10.8. The highest BCUT2D eigenvalue weighted by Crippen LogP contribution is 2.17. The van der Waals surface area contributed by atoms with Gasteiger partial charge in [-0.2, -0.15) is 0 Å². The van der Waals surface area contributed by atoms with Gasteiger partial charge in [-0.15, -0.1) is 11.8 Å². The van der Waals surface area contributed by atoms with Gasteiger partial charge in [0, 0.05) is 12.8 Å². The molecule has 0 aliphatic heterocycles. The third-order valence-corrected chi connectivity index (χ3v) is 4.80. The van der Waals surface area contributed by atoms with Gasteiger partial charge in [-0.25, -0.2) is 9.59 Å². The molecule has 0 atom stereocenters. The Morgan fingerprint density at radius 1 is 0.806 bits per heavy atom. The number of hydrogen-bond acceptors (Lipinski definition) is 4. The molecule has 164 valence electrons. The lowest BCUT2D eigenvalue weighted by molar-refractivity contribution is 0.0489. The van der Waals surface area contributed by atoms with E-state index in [-0.39, 0.29) is 11.1 Å². The largest absolute Gasteiger partial charge is 0.462 e. The van der Waals surface area contributed by atoms with Gasteiger partial charge in [0.25, 0.3) is 0 Å². The molecule has 0 radical (unpaired) electrons. The van der Waals surface area contributed by atoms with Crippen molar-refractivity contribution < 1.29 is 19.1 Å². The van der Waals surface area contributed by atoms with Crippen molar-refractivity contribution >= 4 is 11.9 Å². The number of aryl methyl sites for hydroxylation is 1. The molecule has 4 nitrogen and oxygen atoms in total. The quantitative estimate of drug-likeness (QED) is 0.180. The number of rotatable bonds is 11. The summed E-state index contributed by atoms with van der Waals surface area (Å²) in [7, 11) is 0. The molecule has 0 aromatic heterocycles. The van der Waals surface area contributed by atoms with Crippen LogP contribution in [0.25, 0.3) is 0 Å². The van der Waals surface area contributed by atoms with Crippen LogP contribution >= 0.6 is 0 Å². The average Bonchev–Trinajstić information content (AvgIpc) is 2.77. The van der Waals surface area contributed by atoms with Crippen LogP contribution in [0.5, 0.6) is 5.75 Å². The van der Waals surface area contributed by atoms with Crippen molar-refractivity contribution in [2.24, 2.45) is 0 Å². The summed E-state index contributed by atoms with van der Waals surface area (Å²) in [6.45, 7) is 4.34. The molecule has 0 aliphatic carbocycles. The molecule has 0 fully saturated rings. The molecule has 0 unspecified atom stereocenters. The van der Waals surface area contributed by atoms with Crippen molar-refractivity contribution in [3.8, 4) is 17.6 Å². The van der Waals surface area contributed by atoms with Crippen molar-refractivity contribution in [3.05, 3.63) is 65.2 Å². The summed E-state index contributed by atoms with van der Waals surface area (Å²) >= 11 is 0. The molecule has 2 rings (SSSR count). The molecule has 0 N–H and O–H groups in total. The summed E-state index contributed by atoms with van der Waals surface area (Å²) in [5, 5.41) is 0. The van der Waals surface area contributed by atoms with Crippen molar-refractivity contribution in [1.29, 1.82) is 0 Å². The van der Waals surface area contributed by atoms with Crippen LogP contribution in [-0.2, 0) is 4.74 Å². The normalized spacial score (nSPS) is 10.1. The fraction of sp³-hybridized carbons (Fsp3) is 0.407. The van der Waals surface area contributed by atoms with Crippen molar-refractivity contribution in [2.75, 3.05) is 6.61 Å². The second-order valence-electron chi connectivity index (χ2n) is 7.47. The zero-order chi connectivity index (χ0) is 22.3. The minimum atomic E-state index is -0.568. The molecule has 0 spiro atoms. The zero-order valence-electron chi connectivity index (χ0n) is 18.6. The summed E-state index contributed by atoms with van der Waals surface area (Å²) in [5.41, 5.74) is 1.43. The molecule has 0 amide bonds. The van der Waals surface area contributed by atoms with E-state index in [1.165, 1.54) is 12.8 Å². The van der Waals surface area contributed by atoms with Gasteiger partial charge in [-0.05, 0) is 49.6 Å². The van der Waals surface area contributed by atoms with Gasteiger partial charge >= 0.3 is 11.9 Å². The van der Waals surface area contributed by atoms with Gasteiger partial charge in [-0.3, -0.25) is 0 Å². The molecule has 0 aliphatic rings. The van der Waals surface area contributed by atoms with E-state index in [1.807, 2.05) is 19.1 Å². The minimum absolute atomic E-state index is 0.208. The Morgan fingerprint density at radius 2 is 1.48 bits per heavy atom. The first-order valence-corrected chi connectivity index (χ1v) is 11.1. The predicted molar refractivity (Wildman–Crippen MR) is 123 cm³/mol. The molecular formula is C27H32O4. The highest BCUT2D eigenvalue weighted by atomic mass is 16.5. The Bertz CT molecular complexity index is 905. The molecule has 0 saturated heterocycles. The van der Waals surface area contributed by atoms with Crippen LogP contribution in [0.4, 0.5) is 0 Å². The summed E-state index contributed by atoms with van der Waals surface area (Å²) in [5.74, 6) is 5.64. The Balaban J connectivity index is 1.74. The zero-order valence-corrected chi connectivity index (χ0v) is 18.6. The first kappa shape index (κ1) is 24.2. The highest BCUT2D eigenvalue weighted by molar-refractivity contribution is 6.03. The van der Waals surface area contributed by atoms with Crippen LogP contribution in [0.1, 0.15) is 84.6 Å². The van der Waals surface area contributed by atoms with E-state index in [0.29, 0.717) is 12.4 Å². The van der Waals surface area contributed by atoms with E-state index < -0.39 is 11.9 Å². The van der Waals surface area contributed by atoms with Gasteiger partial charge in [0.2, 0.25) is 0 Å². The summed E-state index contributed by atoms with van der Waals surface area (Å²) in [4.78, 5) is 25.1. The minimum Gasteiger partial charge on any atom is -0.462 e. The molecule has 0 heterocycles. The van der Waals surface area contributed by atoms with Crippen LogP contribution in [0.2, 0.25) is 0 Å². The molecule has 2 aromatic rings. The van der Waals surface area contributed by atoms with Crippen LogP contribution < -0.4 is 4.74 Å². The number of benzene rings is 2. The van der Waals surface area contributed by atoms with Gasteiger partial charge in [0.1, 0.15) is 5.75 Å². The summed E-state index contributed by atoms with van der Waals surface area (Å²) in [6, 6.07) is 13.8. The maximum atomic E-state index is 12.6. The van der Waals surface area contributed by atoms with Crippen LogP contribution in [0.3, 0.4) is 0 Å². The van der Waals surface area contributed by atoms with Gasteiger partial charge in [-0.1, -0.05) is 56.9 Å². The highest BCUT2D eigenvalue weighted by Gasteiger charge is 2.19. The van der Waals surface area contributed by atoms with Crippen molar-refractivity contribution in [1.82, 2.24) is 0 Å². The summed E-state index contributed by atoms with van der Waals surface area (Å²) in [6.07, 6.45) is 8.39. The van der Waals surface area contributed by atoms with Crippen molar-refractivity contribution in [2.45, 2.75) is 65.2 Å². The SMILES string of the molecule is CCC#CCCCCCCCCOC(=O)c1ccccc1C(=O)Oc1cccc(C)c1. The first-order valence-electron chi connectivity index (χ1n) is 11.1. The molecule has 0 bridgehead atoms. The average molecular weight is 421 g/mol. The number of ether oxygens (including phenoxy) is 2. The van der Waals surface area contributed by atoms with Crippen molar-refractivity contribution in [3.63, 3.8) is 0 Å². The van der Waals surface area contributed by atoms with E-state index in [0.717, 1.165) is 44.1 Å². The fourth-order valence-corrected chi connectivity index (χ4v) is 3.16. The second kappa shape index (κ2) is 14.0. The van der Waals surface area contributed by atoms with Crippen LogP contribution in [0.15, 0.2) is 48.5 Å². The van der Waals surface area contributed by atoms with Gasteiger partial charge in [0.15, 0.2) is 0 Å². The standard InChI is InChI=1S/C27H32O4/c1-3-4-5-6-7-8-9-10-11-14-20-30-26(28)24-18-12-13-19-25(24)27(29)31-23-17-15-16-22(2)21-23/h12-13,15-19,21H,3,6-11,14,20H2,1-2H3. The third-order valence-electron chi connectivity index (χ3n) is 4.80. The topological polar surface area (TPSA) is 52.6 Å². The lowest BCUT2D eigenvalue weighted by Gasteiger charge is -2.10. The third kappa shape index (κ3) is 9.09. The molecule has 4 heteroatoms. The van der Waals surface area contributed by atoms with Gasteiger partial charge < -0.3 is 9.47 Å². The number of esters is 2. The monoisotopic (exact) mass is 420 g/mol. The van der Waals surface area contributed by atoms with E-state index in [9.17, 15) is 9.59 Å². The number of carbonyl (C=O) groups is 2. The predicted octanol–water partition coefficient (Wildman–Crippen LogP) is 6.52. The molecular weight excluding hydrogens is 388 g/mol. The first-order chi connectivity index (χ1) is 15.1. The fourth-order valence-electron chi connectivity index (χ4n) is 3.16. The number of unbranched alkanes of at least 4 members (excludes halogenated alkanes) is 6. The maximum Gasteiger partial charge on any atom is 0.344 e. The van der Waals surface area contributed by atoms with Gasteiger partial charge in [0.05, 0.1) is 17.7 Å². The van der Waals surface area contributed by atoms with E-state index in [1.54, 1.807) is 36.4 Å². The lowest BCUT2D eigenvalue weighted by Crippen LogP contribution is -2.16. The van der Waals surface area contributed by atoms with E-state index >= 15 is 0 Å². The van der Waals surface area contributed by atoms with E-state index in [4.69, 9.17) is 9.47 Å². The molecule has 0 saturated carbocycles. The smallest absolute Gasteiger partial charge is 0.344 e. The van der Waals surface area contributed by atoms with Crippen LogP contribution in [0, 0.1) is 18.8 Å². The Hall–Kier alpha value is -3.06. The van der Waals surface area contributed by atoms with Crippen LogP contribution in [-0.4, -0.2) is 18.5 Å². The lowest BCUT2D eigenvalue weighted by atomic mass is 10.1. The second-order valence-corrected chi connectivity index (χ2v) is 7.47. The Kier molecular flexibility index (Phi) is 11.0. The Morgan fingerprint density at radius 3 is 2.19 bits per heavy atom. The molecule has 31 heavy (non-hydrogen) atoms. The number of hydrogen-bond donors (Lipinski definition) is 0. The maximum absolute atomic E-state index is 12.6. The molecule has 2 aromatic carbocycles. The number of carbonyl (C=O) groups excluding carboxylic acids is 2. The Labute approximate surface area is 186 Å².